The van der Waals surface area contributed by atoms with Crippen molar-refractivity contribution in [3.05, 3.63) is 53.8 Å². The van der Waals surface area contributed by atoms with Gasteiger partial charge in [-0.05, 0) is 19.1 Å². The summed E-state index contributed by atoms with van der Waals surface area (Å²) in [6.07, 6.45) is 3.90. The number of nitrogens with zero attached hydrogens (tertiary/aromatic N) is 6. The van der Waals surface area contributed by atoms with E-state index in [0.717, 1.165) is 42.7 Å². The summed E-state index contributed by atoms with van der Waals surface area (Å²) in [6, 6.07) is 10.5. The Kier molecular flexibility index (Phi) is 4.27. The molecule has 7 heteroatoms. The van der Waals surface area contributed by atoms with E-state index in [2.05, 4.69) is 32.0 Å². The van der Waals surface area contributed by atoms with Crippen molar-refractivity contribution < 1.29 is 0 Å². The summed E-state index contributed by atoms with van der Waals surface area (Å²) >= 11 is 1.71. The van der Waals surface area contributed by atoms with Crippen LogP contribution in [0.2, 0.25) is 0 Å². The molecule has 0 aliphatic carbocycles. The number of hydrogen-bond acceptors (Lipinski definition) is 6. The Morgan fingerprint density at radius 3 is 2.83 bits per heavy atom. The Bertz CT molecular complexity index is 770. The summed E-state index contributed by atoms with van der Waals surface area (Å²) in [7, 11) is 0. The lowest BCUT2D eigenvalue weighted by atomic mass is 10.2. The molecule has 1 atom stereocenters. The predicted molar refractivity (Wildman–Crippen MR) is 95.6 cm³/mol. The fraction of sp³-hybridized carbons (Fsp3) is 0.353. The lowest BCUT2D eigenvalue weighted by molar-refractivity contribution is 0.218. The van der Waals surface area contributed by atoms with E-state index in [4.69, 9.17) is 0 Å². The molecule has 2 aromatic heterocycles. The molecule has 0 radical (unpaired) electrons. The number of para-hydroxylation sites is 1. The Morgan fingerprint density at radius 1 is 1.21 bits per heavy atom. The van der Waals surface area contributed by atoms with Crippen LogP contribution in [-0.2, 0) is 6.54 Å². The average Bonchev–Trinajstić information content (AvgIpc) is 3.28. The molecular formula is C17H20N6S. The second kappa shape index (κ2) is 6.70. The highest BCUT2D eigenvalue weighted by Crippen LogP contribution is 2.23. The van der Waals surface area contributed by atoms with E-state index in [9.17, 15) is 0 Å². The SMILES string of the molecule is CC1CN(Cc2cn(-c3ccccc3)nn2)CCN1c1nccs1. The molecule has 0 N–H and O–H groups in total. The molecule has 0 saturated carbocycles. The Balaban J connectivity index is 1.39. The standard InChI is InChI=1S/C17H20N6S/c1-14-11-21(8-9-22(14)17-18-7-10-24-17)12-15-13-23(20-19-15)16-5-3-2-4-6-16/h2-7,10,13-14H,8-9,11-12H2,1H3. The van der Waals surface area contributed by atoms with Crippen molar-refractivity contribution in [2.45, 2.75) is 19.5 Å². The third kappa shape index (κ3) is 3.18. The molecule has 1 aromatic carbocycles. The highest BCUT2D eigenvalue weighted by molar-refractivity contribution is 7.13. The molecule has 3 heterocycles. The zero-order valence-corrected chi connectivity index (χ0v) is 14.4. The predicted octanol–water partition coefficient (Wildman–Crippen LogP) is 2.43. The molecule has 1 saturated heterocycles. The fourth-order valence-electron chi connectivity index (χ4n) is 3.13. The Labute approximate surface area is 145 Å². The number of anilines is 1. The van der Waals surface area contributed by atoms with E-state index in [1.54, 1.807) is 11.3 Å². The van der Waals surface area contributed by atoms with Crippen molar-refractivity contribution in [2.24, 2.45) is 0 Å². The van der Waals surface area contributed by atoms with Crippen LogP contribution in [0, 0.1) is 0 Å². The molecule has 1 fully saturated rings. The van der Waals surface area contributed by atoms with Crippen molar-refractivity contribution in [1.82, 2.24) is 24.9 Å². The summed E-state index contributed by atoms with van der Waals surface area (Å²) in [5, 5.41) is 11.7. The zero-order valence-electron chi connectivity index (χ0n) is 13.6. The fourth-order valence-corrected chi connectivity index (χ4v) is 3.90. The molecular weight excluding hydrogens is 320 g/mol. The third-order valence-electron chi connectivity index (χ3n) is 4.32. The zero-order chi connectivity index (χ0) is 16.4. The first-order valence-corrected chi connectivity index (χ1v) is 9.03. The molecule has 1 aliphatic heterocycles. The van der Waals surface area contributed by atoms with Crippen LogP contribution < -0.4 is 4.90 Å². The monoisotopic (exact) mass is 340 g/mol. The quantitative estimate of drug-likeness (QED) is 0.730. The van der Waals surface area contributed by atoms with Gasteiger partial charge in [-0.3, -0.25) is 4.90 Å². The summed E-state index contributed by atoms with van der Waals surface area (Å²) in [6.45, 7) is 6.12. The number of thiazole rings is 1. The van der Waals surface area contributed by atoms with Crippen LogP contribution in [-0.4, -0.2) is 50.6 Å². The van der Waals surface area contributed by atoms with Gasteiger partial charge in [-0.1, -0.05) is 23.4 Å². The van der Waals surface area contributed by atoms with Crippen molar-refractivity contribution in [2.75, 3.05) is 24.5 Å². The first-order chi connectivity index (χ1) is 11.8. The number of hydrogen-bond donors (Lipinski definition) is 0. The number of benzene rings is 1. The van der Waals surface area contributed by atoms with Crippen molar-refractivity contribution in [3.63, 3.8) is 0 Å². The maximum absolute atomic E-state index is 4.44. The first kappa shape index (κ1) is 15.3. The van der Waals surface area contributed by atoms with Gasteiger partial charge in [0, 0.05) is 43.8 Å². The van der Waals surface area contributed by atoms with E-state index in [0.29, 0.717) is 6.04 Å². The van der Waals surface area contributed by atoms with Gasteiger partial charge in [0.15, 0.2) is 5.13 Å². The van der Waals surface area contributed by atoms with Gasteiger partial charge in [-0.2, -0.15) is 0 Å². The minimum absolute atomic E-state index is 0.453. The molecule has 0 bridgehead atoms. The summed E-state index contributed by atoms with van der Waals surface area (Å²) in [5.74, 6) is 0. The lowest BCUT2D eigenvalue weighted by Crippen LogP contribution is -2.51. The highest BCUT2D eigenvalue weighted by atomic mass is 32.1. The number of rotatable bonds is 4. The molecule has 0 amide bonds. The van der Waals surface area contributed by atoms with Crippen LogP contribution in [0.4, 0.5) is 5.13 Å². The average molecular weight is 340 g/mol. The largest absolute Gasteiger partial charge is 0.343 e. The third-order valence-corrected chi connectivity index (χ3v) is 5.13. The van der Waals surface area contributed by atoms with Gasteiger partial charge in [-0.25, -0.2) is 9.67 Å². The number of piperazine rings is 1. The van der Waals surface area contributed by atoms with E-state index >= 15 is 0 Å². The summed E-state index contributed by atoms with van der Waals surface area (Å²) in [5.41, 5.74) is 2.05. The van der Waals surface area contributed by atoms with E-state index < -0.39 is 0 Å². The van der Waals surface area contributed by atoms with Gasteiger partial charge >= 0.3 is 0 Å². The molecule has 6 nitrogen and oxygen atoms in total. The molecule has 0 spiro atoms. The van der Waals surface area contributed by atoms with Gasteiger partial charge in [-0.15, -0.1) is 16.4 Å². The minimum Gasteiger partial charge on any atom is -0.343 e. The summed E-state index contributed by atoms with van der Waals surface area (Å²) in [4.78, 5) is 9.27. The molecule has 1 unspecified atom stereocenters. The smallest absolute Gasteiger partial charge is 0.185 e. The van der Waals surface area contributed by atoms with Gasteiger partial charge in [0.25, 0.3) is 0 Å². The van der Waals surface area contributed by atoms with E-state index in [1.807, 2.05) is 52.8 Å². The lowest BCUT2D eigenvalue weighted by Gasteiger charge is -2.39. The van der Waals surface area contributed by atoms with E-state index in [-0.39, 0.29) is 0 Å². The second-order valence-corrected chi connectivity index (χ2v) is 6.96. The maximum atomic E-state index is 4.44. The van der Waals surface area contributed by atoms with Gasteiger partial charge in [0.1, 0.15) is 0 Å². The molecule has 24 heavy (non-hydrogen) atoms. The van der Waals surface area contributed by atoms with Crippen LogP contribution in [0.15, 0.2) is 48.1 Å². The second-order valence-electron chi connectivity index (χ2n) is 6.08. The van der Waals surface area contributed by atoms with E-state index in [1.165, 1.54) is 0 Å². The normalized spacial score (nSPS) is 18.9. The first-order valence-electron chi connectivity index (χ1n) is 8.15. The minimum atomic E-state index is 0.453. The van der Waals surface area contributed by atoms with Crippen LogP contribution in [0.1, 0.15) is 12.6 Å². The van der Waals surface area contributed by atoms with Crippen LogP contribution in [0.3, 0.4) is 0 Å². The van der Waals surface area contributed by atoms with Crippen LogP contribution in [0.5, 0.6) is 0 Å². The van der Waals surface area contributed by atoms with Crippen LogP contribution in [0.25, 0.3) is 5.69 Å². The highest BCUT2D eigenvalue weighted by Gasteiger charge is 2.25. The Morgan fingerprint density at radius 2 is 2.08 bits per heavy atom. The number of aromatic nitrogens is 4. The van der Waals surface area contributed by atoms with Gasteiger partial charge in [0.2, 0.25) is 0 Å². The molecule has 1 aliphatic rings. The molecule has 124 valence electrons. The van der Waals surface area contributed by atoms with Crippen LogP contribution >= 0.6 is 11.3 Å². The maximum Gasteiger partial charge on any atom is 0.185 e. The molecule has 4 rings (SSSR count). The van der Waals surface area contributed by atoms with Crippen molar-refractivity contribution >= 4 is 16.5 Å². The summed E-state index contributed by atoms with van der Waals surface area (Å²) < 4.78 is 1.84. The van der Waals surface area contributed by atoms with Gasteiger partial charge in [0.05, 0.1) is 17.6 Å². The Hall–Kier alpha value is -2.25. The van der Waals surface area contributed by atoms with Gasteiger partial charge < -0.3 is 4.90 Å². The van der Waals surface area contributed by atoms with Crippen molar-refractivity contribution in [3.8, 4) is 5.69 Å². The topological polar surface area (TPSA) is 50.1 Å². The van der Waals surface area contributed by atoms with Crippen molar-refractivity contribution in [1.29, 1.82) is 0 Å². The molecule has 3 aromatic rings.